The van der Waals surface area contributed by atoms with E-state index in [-0.39, 0.29) is 11.9 Å². The monoisotopic (exact) mass is 340 g/mol. The Labute approximate surface area is 123 Å². The van der Waals surface area contributed by atoms with E-state index >= 15 is 0 Å². The van der Waals surface area contributed by atoms with E-state index in [1.807, 2.05) is 0 Å². The van der Waals surface area contributed by atoms with E-state index in [9.17, 15) is 4.79 Å². The maximum Gasteiger partial charge on any atom is 0.259 e. The zero-order valence-electron chi connectivity index (χ0n) is 10.2. The number of nitrogens with zero attached hydrogens (tertiary/aromatic N) is 3. The molecular formula is C12H10BrClN4O. The van der Waals surface area contributed by atoms with Crippen LogP contribution in [0.1, 0.15) is 21.7 Å². The number of carbonyl (C=O) groups excluding carboxylic acids is 1. The summed E-state index contributed by atoms with van der Waals surface area (Å²) < 4.78 is 0.654. The van der Waals surface area contributed by atoms with Gasteiger partial charge in [0.05, 0.1) is 22.0 Å². The summed E-state index contributed by atoms with van der Waals surface area (Å²) in [5.74, 6) is -0.222. The predicted octanol–water partition coefficient (Wildman–Crippen LogP) is 3.16. The number of benzene rings is 1. The predicted molar refractivity (Wildman–Crippen MR) is 76.4 cm³/mol. The third-order valence-electron chi connectivity index (χ3n) is 2.51. The topological polar surface area (TPSA) is 67.8 Å². The smallest absolute Gasteiger partial charge is 0.259 e. The minimum atomic E-state index is -0.378. The number of amides is 1. The molecule has 98 valence electrons. The molecule has 0 aliphatic heterocycles. The first kappa shape index (κ1) is 13.9. The Morgan fingerprint density at radius 2 is 2.00 bits per heavy atom. The summed E-state index contributed by atoms with van der Waals surface area (Å²) in [5.41, 5.74) is 1.78. The number of anilines is 1. The minimum Gasteiger partial charge on any atom is -0.289 e. The molecule has 0 unspecified atom stereocenters. The minimum absolute atomic E-state index is 0.157. The standard InChI is InChI=1S/C12H10BrClN4O/c1-6-7(2)17-18-12(15-6)16-11(19)8-4-3-5-9(13)10(8)14/h3-5H,1-2H3,(H,15,16,18,19). The van der Waals surface area contributed by atoms with Gasteiger partial charge in [-0.2, -0.15) is 5.10 Å². The molecule has 1 aromatic carbocycles. The third kappa shape index (κ3) is 3.08. The summed E-state index contributed by atoms with van der Waals surface area (Å²) in [5, 5.41) is 10.6. The van der Waals surface area contributed by atoms with Gasteiger partial charge in [0.2, 0.25) is 5.95 Å². The van der Waals surface area contributed by atoms with Gasteiger partial charge in [0.25, 0.3) is 5.91 Å². The Morgan fingerprint density at radius 3 is 2.68 bits per heavy atom. The Hall–Kier alpha value is -1.53. The molecule has 1 heterocycles. The van der Waals surface area contributed by atoms with Crippen molar-refractivity contribution in [3.8, 4) is 0 Å². The van der Waals surface area contributed by atoms with Crippen molar-refractivity contribution < 1.29 is 4.79 Å². The van der Waals surface area contributed by atoms with E-state index in [4.69, 9.17) is 11.6 Å². The van der Waals surface area contributed by atoms with Crippen molar-refractivity contribution in [3.63, 3.8) is 0 Å². The van der Waals surface area contributed by atoms with Gasteiger partial charge in [0.1, 0.15) is 0 Å². The largest absolute Gasteiger partial charge is 0.289 e. The maximum atomic E-state index is 12.1. The van der Waals surface area contributed by atoms with E-state index < -0.39 is 0 Å². The van der Waals surface area contributed by atoms with Gasteiger partial charge in [-0.25, -0.2) is 4.98 Å². The van der Waals surface area contributed by atoms with Crippen LogP contribution in [0.2, 0.25) is 5.02 Å². The first-order valence-corrected chi connectivity index (χ1v) is 6.59. The van der Waals surface area contributed by atoms with Crippen molar-refractivity contribution in [2.75, 3.05) is 5.32 Å². The van der Waals surface area contributed by atoms with Crippen molar-refractivity contribution in [1.82, 2.24) is 15.2 Å². The number of rotatable bonds is 2. The highest BCUT2D eigenvalue weighted by Crippen LogP contribution is 2.26. The number of halogens is 2. The highest BCUT2D eigenvalue weighted by molar-refractivity contribution is 9.10. The van der Waals surface area contributed by atoms with Crippen LogP contribution in [-0.4, -0.2) is 21.1 Å². The number of aryl methyl sites for hydroxylation is 2. The molecule has 7 heteroatoms. The molecule has 0 spiro atoms. The summed E-state index contributed by atoms with van der Waals surface area (Å²) in [6, 6.07) is 5.11. The molecule has 0 atom stereocenters. The number of hydrogen-bond donors (Lipinski definition) is 1. The Kier molecular flexibility index (Phi) is 4.11. The summed E-state index contributed by atoms with van der Waals surface area (Å²) in [6.07, 6.45) is 0. The molecule has 1 aromatic heterocycles. The van der Waals surface area contributed by atoms with Gasteiger partial charge in [-0.3, -0.25) is 10.1 Å². The van der Waals surface area contributed by atoms with E-state index in [1.165, 1.54) is 0 Å². The van der Waals surface area contributed by atoms with E-state index in [0.717, 1.165) is 5.69 Å². The molecule has 2 aromatic rings. The first-order chi connectivity index (χ1) is 8.99. The second-order valence-electron chi connectivity index (χ2n) is 3.86. The van der Waals surface area contributed by atoms with Crippen LogP contribution in [-0.2, 0) is 0 Å². The quantitative estimate of drug-likeness (QED) is 0.911. The molecule has 0 aliphatic carbocycles. The zero-order valence-corrected chi connectivity index (χ0v) is 12.6. The molecule has 0 bridgehead atoms. The van der Waals surface area contributed by atoms with Crippen LogP contribution < -0.4 is 5.32 Å². The summed E-state index contributed by atoms with van der Waals surface area (Å²) in [7, 11) is 0. The molecular weight excluding hydrogens is 332 g/mol. The van der Waals surface area contributed by atoms with Crippen molar-refractivity contribution in [2.24, 2.45) is 0 Å². The SMILES string of the molecule is Cc1nnc(NC(=O)c2cccc(Br)c2Cl)nc1C. The van der Waals surface area contributed by atoms with Crippen molar-refractivity contribution >= 4 is 39.4 Å². The van der Waals surface area contributed by atoms with Crippen molar-refractivity contribution in [2.45, 2.75) is 13.8 Å². The number of hydrogen-bond acceptors (Lipinski definition) is 4. The van der Waals surface area contributed by atoms with Crippen LogP contribution >= 0.6 is 27.5 Å². The summed E-state index contributed by atoms with van der Waals surface area (Å²) in [6.45, 7) is 3.60. The van der Waals surface area contributed by atoms with Crippen LogP contribution in [0.4, 0.5) is 5.95 Å². The number of nitrogens with one attached hydrogen (secondary N) is 1. The Balaban J connectivity index is 2.26. The molecule has 19 heavy (non-hydrogen) atoms. The molecule has 1 amide bonds. The van der Waals surface area contributed by atoms with Gasteiger partial charge in [-0.15, -0.1) is 5.10 Å². The number of aromatic nitrogens is 3. The van der Waals surface area contributed by atoms with Crippen molar-refractivity contribution in [1.29, 1.82) is 0 Å². The highest BCUT2D eigenvalue weighted by atomic mass is 79.9. The second-order valence-corrected chi connectivity index (χ2v) is 5.09. The van der Waals surface area contributed by atoms with Crippen LogP contribution in [0.25, 0.3) is 0 Å². The molecule has 0 aliphatic rings. The lowest BCUT2D eigenvalue weighted by atomic mass is 10.2. The molecule has 5 nitrogen and oxygen atoms in total. The van der Waals surface area contributed by atoms with Gasteiger partial charge in [-0.05, 0) is 41.9 Å². The van der Waals surface area contributed by atoms with Gasteiger partial charge in [0.15, 0.2) is 0 Å². The molecule has 0 fully saturated rings. The molecule has 0 saturated carbocycles. The number of carbonyl (C=O) groups is 1. The van der Waals surface area contributed by atoms with E-state index in [0.29, 0.717) is 20.8 Å². The fourth-order valence-corrected chi connectivity index (χ4v) is 1.94. The Bertz CT molecular complexity index is 648. The molecule has 0 radical (unpaired) electrons. The summed E-state index contributed by atoms with van der Waals surface area (Å²) in [4.78, 5) is 16.2. The average molecular weight is 342 g/mol. The average Bonchev–Trinajstić information content (AvgIpc) is 2.37. The van der Waals surface area contributed by atoms with Crippen LogP contribution in [0.3, 0.4) is 0 Å². The van der Waals surface area contributed by atoms with Gasteiger partial charge in [0, 0.05) is 4.47 Å². The maximum absolute atomic E-state index is 12.1. The van der Waals surface area contributed by atoms with Crippen LogP contribution in [0.15, 0.2) is 22.7 Å². The third-order valence-corrected chi connectivity index (χ3v) is 3.81. The lowest BCUT2D eigenvalue weighted by Gasteiger charge is -2.07. The molecule has 2 rings (SSSR count). The van der Waals surface area contributed by atoms with Crippen LogP contribution in [0.5, 0.6) is 0 Å². The molecule has 1 N–H and O–H groups in total. The van der Waals surface area contributed by atoms with Crippen LogP contribution in [0, 0.1) is 13.8 Å². The fraction of sp³-hybridized carbons (Fsp3) is 0.167. The lowest BCUT2D eigenvalue weighted by molar-refractivity contribution is 0.102. The van der Waals surface area contributed by atoms with Gasteiger partial charge >= 0.3 is 0 Å². The van der Waals surface area contributed by atoms with Gasteiger partial charge in [-0.1, -0.05) is 17.7 Å². The first-order valence-electron chi connectivity index (χ1n) is 5.42. The van der Waals surface area contributed by atoms with E-state index in [1.54, 1.807) is 32.0 Å². The zero-order chi connectivity index (χ0) is 14.0. The highest BCUT2D eigenvalue weighted by Gasteiger charge is 2.14. The van der Waals surface area contributed by atoms with Gasteiger partial charge < -0.3 is 0 Å². The van der Waals surface area contributed by atoms with Crippen molar-refractivity contribution in [3.05, 3.63) is 44.6 Å². The van der Waals surface area contributed by atoms with E-state index in [2.05, 4.69) is 36.4 Å². The fourth-order valence-electron chi connectivity index (χ4n) is 1.36. The normalized spacial score (nSPS) is 10.3. The second kappa shape index (κ2) is 5.63. The Morgan fingerprint density at radius 1 is 1.26 bits per heavy atom. The molecule has 0 saturated heterocycles. The summed E-state index contributed by atoms with van der Waals surface area (Å²) >= 11 is 9.31. The lowest BCUT2D eigenvalue weighted by Crippen LogP contribution is -2.16.